The van der Waals surface area contributed by atoms with E-state index in [4.69, 9.17) is 0 Å². The molecule has 4 nitrogen and oxygen atoms in total. The molecule has 0 radical (unpaired) electrons. The molecule has 0 bridgehead atoms. The van der Waals surface area contributed by atoms with E-state index < -0.39 is 11.7 Å². The summed E-state index contributed by atoms with van der Waals surface area (Å²) in [5.41, 5.74) is 0.928. The average molecular weight is 370 g/mol. The van der Waals surface area contributed by atoms with E-state index in [2.05, 4.69) is 27.5 Å². The fourth-order valence-electron chi connectivity index (χ4n) is 2.20. The molecule has 0 spiro atoms. The van der Waals surface area contributed by atoms with Gasteiger partial charge in [-0.15, -0.1) is 11.3 Å². The first-order chi connectivity index (χ1) is 11.9. The van der Waals surface area contributed by atoms with Crippen molar-refractivity contribution in [2.45, 2.75) is 32.5 Å². The summed E-state index contributed by atoms with van der Waals surface area (Å²) < 4.78 is 38.2. The molecule has 0 fully saturated rings. The molecule has 0 atom stereocenters. The fourth-order valence-corrected chi connectivity index (χ4v) is 2.98. The quantitative estimate of drug-likeness (QED) is 0.603. The van der Waals surface area contributed by atoms with E-state index in [-0.39, 0.29) is 6.54 Å². The predicted molar refractivity (Wildman–Crippen MR) is 94.8 cm³/mol. The number of hydrogen-bond acceptors (Lipinski definition) is 3. The molecule has 25 heavy (non-hydrogen) atoms. The Hall–Kier alpha value is -2.09. The van der Waals surface area contributed by atoms with Crippen molar-refractivity contribution in [2.24, 2.45) is 4.99 Å². The SMILES string of the molecule is CCc1nc(CCNC(=NC)NCc2cccc(C(F)(F)F)c2)cs1. The number of thiazole rings is 1. The summed E-state index contributed by atoms with van der Waals surface area (Å²) in [5, 5.41) is 9.32. The number of halogens is 3. The molecule has 2 N–H and O–H groups in total. The third-order valence-corrected chi connectivity index (χ3v) is 4.56. The van der Waals surface area contributed by atoms with Crippen LogP contribution in [-0.2, 0) is 25.6 Å². The monoisotopic (exact) mass is 370 g/mol. The van der Waals surface area contributed by atoms with Crippen molar-refractivity contribution in [3.8, 4) is 0 Å². The van der Waals surface area contributed by atoms with Gasteiger partial charge in [0.05, 0.1) is 16.3 Å². The van der Waals surface area contributed by atoms with Crippen LogP contribution < -0.4 is 10.6 Å². The number of alkyl halides is 3. The molecule has 0 aliphatic carbocycles. The largest absolute Gasteiger partial charge is 0.416 e. The van der Waals surface area contributed by atoms with Gasteiger partial charge in [0.25, 0.3) is 0 Å². The van der Waals surface area contributed by atoms with Gasteiger partial charge < -0.3 is 10.6 Å². The van der Waals surface area contributed by atoms with Gasteiger partial charge in [0.2, 0.25) is 0 Å². The Balaban J connectivity index is 1.82. The lowest BCUT2D eigenvalue weighted by Crippen LogP contribution is -2.37. The second-order valence-electron chi connectivity index (χ2n) is 5.39. The van der Waals surface area contributed by atoms with Crippen LogP contribution in [0.1, 0.15) is 28.8 Å². The van der Waals surface area contributed by atoms with Gasteiger partial charge in [0.1, 0.15) is 0 Å². The molecule has 1 aromatic heterocycles. The first kappa shape index (κ1) is 19.2. The molecule has 0 saturated heterocycles. The van der Waals surface area contributed by atoms with Crippen LogP contribution in [0.3, 0.4) is 0 Å². The summed E-state index contributed by atoms with van der Waals surface area (Å²) in [6.45, 7) is 2.98. The zero-order chi connectivity index (χ0) is 18.3. The lowest BCUT2D eigenvalue weighted by atomic mass is 10.1. The maximum atomic E-state index is 12.7. The number of nitrogens with zero attached hydrogens (tertiary/aromatic N) is 2. The average Bonchev–Trinajstić information content (AvgIpc) is 3.05. The van der Waals surface area contributed by atoms with E-state index >= 15 is 0 Å². The highest BCUT2D eigenvalue weighted by Crippen LogP contribution is 2.29. The number of aromatic nitrogens is 1. The molecule has 0 amide bonds. The third kappa shape index (κ3) is 6.04. The molecule has 2 rings (SSSR count). The smallest absolute Gasteiger partial charge is 0.356 e. The highest BCUT2D eigenvalue weighted by atomic mass is 32.1. The summed E-state index contributed by atoms with van der Waals surface area (Å²) in [5.74, 6) is 0.545. The summed E-state index contributed by atoms with van der Waals surface area (Å²) >= 11 is 1.65. The van der Waals surface area contributed by atoms with Gasteiger partial charge >= 0.3 is 6.18 Å². The van der Waals surface area contributed by atoms with E-state index in [1.807, 2.05) is 5.38 Å². The minimum absolute atomic E-state index is 0.264. The first-order valence-electron chi connectivity index (χ1n) is 7.96. The van der Waals surface area contributed by atoms with Gasteiger partial charge in [-0.1, -0.05) is 19.1 Å². The second kappa shape index (κ2) is 8.84. The highest BCUT2D eigenvalue weighted by molar-refractivity contribution is 7.09. The highest BCUT2D eigenvalue weighted by Gasteiger charge is 2.30. The van der Waals surface area contributed by atoms with Crippen LogP contribution in [0.25, 0.3) is 0 Å². The number of guanidine groups is 1. The molecular weight excluding hydrogens is 349 g/mol. The van der Waals surface area contributed by atoms with Crippen LogP contribution in [-0.4, -0.2) is 24.5 Å². The van der Waals surface area contributed by atoms with Gasteiger partial charge in [-0.2, -0.15) is 13.2 Å². The number of aryl methyl sites for hydroxylation is 1. The lowest BCUT2D eigenvalue weighted by molar-refractivity contribution is -0.137. The molecule has 0 aliphatic heterocycles. The van der Waals surface area contributed by atoms with Crippen molar-refractivity contribution in [2.75, 3.05) is 13.6 Å². The first-order valence-corrected chi connectivity index (χ1v) is 8.84. The zero-order valence-electron chi connectivity index (χ0n) is 14.2. The third-order valence-electron chi connectivity index (χ3n) is 3.51. The van der Waals surface area contributed by atoms with Crippen LogP contribution >= 0.6 is 11.3 Å². The maximum Gasteiger partial charge on any atom is 0.416 e. The topological polar surface area (TPSA) is 49.3 Å². The van der Waals surface area contributed by atoms with E-state index in [9.17, 15) is 13.2 Å². The minimum atomic E-state index is -4.33. The Morgan fingerprint density at radius 3 is 2.72 bits per heavy atom. The molecule has 2 aromatic rings. The van der Waals surface area contributed by atoms with Crippen molar-refractivity contribution in [3.05, 3.63) is 51.5 Å². The van der Waals surface area contributed by atoms with Crippen LogP contribution in [0.5, 0.6) is 0 Å². The molecule has 136 valence electrons. The summed E-state index contributed by atoms with van der Waals surface area (Å²) in [4.78, 5) is 8.57. The second-order valence-corrected chi connectivity index (χ2v) is 6.33. The van der Waals surface area contributed by atoms with Crippen LogP contribution in [0.15, 0.2) is 34.6 Å². The van der Waals surface area contributed by atoms with Gasteiger partial charge in [0, 0.05) is 31.9 Å². The van der Waals surface area contributed by atoms with Crippen molar-refractivity contribution >= 4 is 17.3 Å². The zero-order valence-corrected chi connectivity index (χ0v) is 15.0. The van der Waals surface area contributed by atoms with Crippen molar-refractivity contribution in [1.82, 2.24) is 15.6 Å². The Morgan fingerprint density at radius 2 is 2.08 bits per heavy atom. The lowest BCUT2D eigenvalue weighted by Gasteiger charge is -2.13. The molecule has 1 aromatic carbocycles. The van der Waals surface area contributed by atoms with E-state index in [1.165, 1.54) is 6.07 Å². The van der Waals surface area contributed by atoms with Crippen LogP contribution in [0.2, 0.25) is 0 Å². The van der Waals surface area contributed by atoms with Gasteiger partial charge in [-0.3, -0.25) is 4.99 Å². The fraction of sp³-hybridized carbons (Fsp3) is 0.412. The Bertz CT molecular complexity index is 710. The van der Waals surface area contributed by atoms with Crippen molar-refractivity contribution < 1.29 is 13.2 Å². The Kier molecular flexibility index (Phi) is 6.81. The summed E-state index contributed by atoms with van der Waals surface area (Å²) in [7, 11) is 1.62. The van der Waals surface area contributed by atoms with Crippen molar-refractivity contribution in [1.29, 1.82) is 0 Å². The Labute approximate surface area is 149 Å². The molecule has 1 heterocycles. The van der Waals surface area contributed by atoms with Crippen LogP contribution in [0.4, 0.5) is 13.2 Å². The minimum Gasteiger partial charge on any atom is -0.356 e. The van der Waals surface area contributed by atoms with E-state index in [0.29, 0.717) is 18.1 Å². The number of rotatable bonds is 6. The van der Waals surface area contributed by atoms with Gasteiger partial charge in [-0.25, -0.2) is 4.98 Å². The molecule has 0 saturated carbocycles. The van der Waals surface area contributed by atoms with Gasteiger partial charge in [0.15, 0.2) is 5.96 Å². The summed E-state index contributed by atoms with van der Waals surface area (Å²) in [6, 6.07) is 5.26. The van der Waals surface area contributed by atoms with Crippen molar-refractivity contribution in [3.63, 3.8) is 0 Å². The van der Waals surface area contributed by atoms with Gasteiger partial charge in [-0.05, 0) is 24.1 Å². The number of aliphatic imine (C=N–C) groups is 1. The van der Waals surface area contributed by atoms with Crippen LogP contribution in [0, 0.1) is 0 Å². The van der Waals surface area contributed by atoms with E-state index in [0.717, 1.165) is 35.7 Å². The van der Waals surface area contributed by atoms with E-state index in [1.54, 1.807) is 24.5 Å². The molecule has 8 heteroatoms. The Morgan fingerprint density at radius 1 is 1.28 bits per heavy atom. The number of nitrogens with one attached hydrogen (secondary N) is 2. The maximum absolute atomic E-state index is 12.7. The number of benzene rings is 1. The molecule has 0 unspecified atom stereocenters. The predicted octanol–water partition coefficient (Wildman–Crippen LogP) is 3.63. The standard InChI is InChI=1S/C17H21F3N4S/c1-3-15-24-14(11-25-15)7-8-22-16(21-2)23-10-12-5-4-6-13(9-12)17(18,19)20/h4-6,9,11H,3,7-8,10H2,1-2H3,(H2,21,22,23). The molecule has 0 aliphatic rings. The summed E-state index contributed by atoms with van der Waals surface area (Å²) in [6.07, 6.45) is -2.64. The normalized spacial score (nSPS) is 12.3. The number of hydrogen-bond donors (Lipinski definition) is 2. The molecular formula is C17H21F3N4S.